The van der Waals surface area contributed by atoms with Crippen LogP contribution in [0.4, 0.5) is 0 Å². The molecule has 5 N–H and O–H groups in total. The fourth-order valence-corrected chi connectivity index (χ4v) is 10.6. The van der Waals surface area contributed by atoms with E-state index in [0.29, 0.717) is 0 Å². The Hall–Kier alpha value is -6.75. The highest BCUT2D eigenvalue weighted by atomic mass is 16.3. The summed E-state index contributed by atoms with van der Waals surface area (Å²) in [5, 5.41) is 23.0. The second-order valence-corrected chi connectivity index (χ2v) is 25.9. The molecule has 486 valence electrons. The minimum Gasteiger partial charge on any atom is -0.390 e. The topological polar surface area (TPSA) is 279 Å². The van der Waals surface area contributed by atoms with E-state index in [2.05, 4.69) is 39.0 Å². The number of hydrogen-bond acceptors (Lipinski definition) is 12. The molecule has 0 aromatic rings. The Bertz CT molecular complexity index is 2480. The van der Waals surface area contributed by atoms with Gasteiger partial charge in [0.25, 0.3) is 0 Å². The zero-order valence-electron chi connectivity index (χ0n) is 56.0. The normalized spacial score (nSPS) is 26.3. The first kappa shape index (κ1) is 77.3. The second-order valence-electron chi connectivity index (χ2n) is 25.9. The van der Waals surface area contributed by atoms with Crippen LogP contribution in [0.1, 0.15) is 149 Å². The summed E-state index contributed by atoms with van der Waals surface area (Å²) >= 11 is 0. The van der Waals surface area contributed by atoms with Gasteiger partial charge in [-0.25, -0.2) is 0 Å². The molecular formula is C63H107N11O12. The van der Waals surface area contributed by atoms with E-state index < -0.39 is 156 Å². The van der Waals surface area contributed by atoms with Crippen molar-refractivity contribution >= 4 is 65.0 Å². The maximum Gasteiger partial charge on any atom is 0.246 e. The van der Waals surface area contributed by atoms with Gasteiger partial charge in [-0.05, 0) is 99.2 Å². The number of carbonyl (C=O) groups is 11. The summed E-state index contributed by atoms with van der Waals surface area (Å²) in [5.74, 6) is -2.77. The Kier molecular flexibility index (Phi) is 31.6. The molecule has 0 aromatic carbocycles. The SMILES string of the molecule is C#CC#CC[C@@H](C)[C@@H](O)[C@H]1C(=O)N[C@@H](CC)C(=O)N(C)CC(=O)N(C)[C@@H](CC(C)C)C(=O)N[C@@H](C(C)C)C(=O)N(C)[C@@H](CC(C)C)C(=O)N[C@@H](C)C(=O)N[C@H](C)C(=O)N(C)[C@@H](CC(C)C)C(=O)N(C)[C@@H](CC(C)C)C(=O)N(C)[C@@H](C(C)C)C(=O)N1C. The molecule has 12 atom stereocenters. The van der Waals surface area contributed by atoms with Crippen LogP contribution in [0, 0.1) is 65.6 Å². The van der Waals surface area contributed by atoms with Crippen molar-refractivity contribution in [1.29, 1.82) is 0 Å². The number of nitrogens with zero attached hydrogens (tertiary/aromatic N) is 7. The van der Waals surface area contributed by atoms with E-state index in [0.717, 1.165) is 9.80 Å². The Morgan fingerprint density at radius 3 is 1.35 bits per heavy atom. The monoisotopic (exact) mass is 1210 g/mol. The molecule has 11 amide bonds. The number of terminal acetylenes is 1. The van der Waals surface area contributed by atoms with E-state index >= 15 is 9.59 Å². The van der Waals surface area contributed by atoms with Crippen LogP contribution in [0.5, 0.6) is 0 Å². The van der Waals surface area contributed by atoms with Gasteiger partial charge in [0, 0.05) is 55.8 Å². The van der Waals surface area contributed by atoms with Crippen LogP contribution in [0.3, 0.4) is 0 Å². The van der Waals surface area contributed by atoms with Gasteiger partial charge in [-0.3, -0.25) is 52.7 Å². The van der Waals surface area contributed by atoms with Gasteiger partial charge in [0.2, 0.25) is 65.0 Å². The number of likely N-dealkylation sites (N-methyl/N-ethyl adjacent to an activating group) is 7. The molecule has 1 aliphatic rings. The highest BCUT2D eigenvalue weighted by Crippen LogP contribution is 2.25. The van der Waals surface area contributed by atoms with Crippen LogP contribution < -0.4 is 21.3 Å². The van der Waals surface area contributed by atoms with Gasteiger partial charge in [0.05, 0.1) is 12.6 Å². The smallest absolute Gasteiger partial charge is 0.246 e. The van der Waals surface area contributed by atoms with E-state index in [1.807, 2.05) is 55.4 Å². The van der Waals surface area contributed by atoms with E-state index in [4.69, 9.17) is 6.42 Å². The van der Waals surface area contributed by atoms with Crippen molar-refractivity contribution in [2.45, 2.75) is 216 Å². The minimum atomic E-state index is -1.70. The average molecular weight is 1210 g/mol. The van der Waals surface area contributed by atoms with Crippen LogP contribution in [0.25, 0.3) is 0 Å². The minimum absolute atomic E-state index is 0.00116. The van der Waals surface area contributed by atoms with Crippen molar-refractivity contribution in [3.63, 3.8) is 0 Å². The first-order valence-corrected chi connectivity index (χ1v) is 30.4. The van der Waals surface area contributed by atoms with Gasteiger partial charge in [-0.15, -0.1) is 6.42 Å². The number of aliphatic hydroxyl groups excluding tert-OH is 1. The molecule has 1 rings (SSSR count). The molecule has 1 fully saturated rings. The quantitative estimate of drug-likeness (QED) is 0.157. The molecule has 86 heavy (non-hydrogen) atoms. The van der Waals surface area contributed by atoms with Crippen molar-refractivity contribution in [2.75, 3.05) is 55.9 Å². The molecule has 0 radical (unpaired) electrons. The van der Waals surface area contributed by atoms with E-state index in [1.165, 1.54) is 87.7 Å². The predicted octanol–water partition coefficient (Wildman–Crippen LogP) is 2.33. The average Bonchev–Trinajstić information content (AvgIpc) is 3.63. The molecule has 1 aliphatic heterocycles. The highest BCUT2D eigenvalue weighted by molar-refractivity contribution is 5.99. The van der Waals surface area contributed by atoms with Crippen molar-refractivity contribution < 1.29 is 57.8 Å². The number of nitrogens with one attached hydrogen (secondary N) is 4. The third-order valence-corrected chi connectivity index (χ3v) is 15.9. The summed E-state index contributed by atoms with van der Waals surface area (Å²) in [5.41, 5.74) is 0. The summed E-state index contributed by atoms with van der Waals surface area (Å²) < 4.78 is 0. The summed E-state index contributed by atoms with van der Waals surface area (Å²) in [6, 6.07) is -12.6. The number of carbonyl (C=O) groups excluding carboxylic acids is 11. The van der Waals surface area contributed by atoms with Gasteiger partial charge in [-0.2, -0.15) is 0 Å². The van der Waals surface area contributed by atoms with E-state index in [-0.39, 0.29) is 62.2 Å². The lowest BCUT2D eigenvalue weighted by atomic mass is 9.91. The molecule has 1 heterocycles. The summed E-state index contributed by atoms with van der Waals surface area (Å²) in [4.78, 5) is 168. The standard InChI is InChI=1S/C63H107N11O12/c1-25-27-28-29-41(15)53(76)52-57(80)66-44(26-2)59(82)68(18)34-49(75)69(19)45(30-35(3)4)56(79)67-50(39(11)12)62(85)70(20)46(31-36(5)6)55(78)64-42(16)54(77)65-43(17)58(81)71(21)47(32-37(7)8)60(83)72(22)48(33-38(9)10)61(84)73(23)51(40(13)14)63(86)74(52)24/h1,35-48,50-53,76H,26,29-34H2,2-24H3,(H,64,78)(H,65,77)(H,66,80)(H,67,79)/t41-,42+,43-,44+,45+,46+,47+,48+,50+,51+,52+,53-/m1/s1. The summed E-state index contributed by atoms with van der Waals surface area (Å²) in [6.07, 6.45) is 4.31. The summed E-state index contributed by atoms with van der Waals surface area (Å²) in [6.45, 7) is 27.2. The predicted molar refractivity (Wildman–Crippen MR) is 330 cm³/mol. The molecule has 0 saturated carbocycles. The molecule has 23 heteroatoms. The van der Waals surface area contributed by atoms with Crippen LogP contribution in [-0.4, -0.2) is 227 Å². The molecular weight excluding hydrogens is 1100 g/mol. The summed E-state index contributed by atoms with van der Waals surface area (Å²) in [7, 11) is 9.78. The number of hydrogen-bond donors (Lipinski definition) is 5. The van der Waals surface area contributed by atoms with Crippen LogP contribution in [0.2, 0.25) is 0 Å². The number of rotatable bonds is 14. The molecule has 0 unspecified atom stereocenters. The first-order chi connectivity index (χ1) is 39.7. The van der Waals surface area contributed by atoms with Crippen molar-refractivity contribution in [3.8, 4) is 24.2 Å². The zero-order valence-corrected chi connectivity index (χ0v) is 56.0. The van der Waals surface area contributed by atoms with Crippen LogP contribution in [-0.2, 0) is 52.7 Å². The number of amides is 11. The lowest BCUT2D eigenvalue weighted by Gasteiger charge is -2.41. The Balaban J connectivity index is 4.34. The molecule has 0 aromatic heterocycles. The van der Waals surface area contributed by atoms with Gasteiger partial charge in [0.1, 0.15) is 60.4 Å². The molecule has 0 aliphatic carbocycles. The second kappa shape index (κ2) is 35.2. The maximum absolute atomic E-state index is 15.1. The van der Waals surface area contributed by atoms with E-state index in [1.54, 1.807) is 41.5 Å². The lowest BCUT2D eigenvalue weighted by Crippen LogP contribution is -2.63. The van der Waals surface area contributed by atoms with Crippen LogP contribution in [0.15, 0.2) is 0 Å². The van der Waals surface area contributed by atoms with E-state index in [9.17, 15) is 48.3 Å². The largest absolute Gasteiger partial charge is 0.390 e. The Labute approximate surface area is 513 Å². The number of aliphatic hydroxyl groups is 1. The molecule has 0 spiro atoms. The van der Waals surface area contributed by atoms with Crippen molar-refractivity contribution in [1.82, 2.24) is 55.6 Å². The lowest BCUT2D eigenvalue weighted by molar-refractivity contribution is -0.157. The fourth-order valence-electron chi connectivity index (χ4n) is 10.6. The highest BCUT2D eigenvalue weighted by Gasteiger charge is 2.46. The maximum atomic E-state index is 15.1. The van der Waals surface area contributed by atoms with Crippen molar-refractivity contribution in [3.05, 3.63) is 0 Å². The van der Waals surface area contributed by atoms with Gasteiger partial charge < -0.3 is 60.7 Å². The Morgan fingerprint density at radius 1 is 0.477 bits per heavy atom. The molecule has 23 nitrogen and oxygen atoms in total. The fraction of sp³-hybridized carbons (Fsp3) is 0.762. The first-order valence-electron chi connectivity index (χ1n) is 30.4. The van der Waals surface area contributed by atoms with Gasteiger partial charge >= 0.3 is 0 Å². The third kappa shape index (κ3) is 21.6. The third-order valence-electron chi connectivity index (χ3n) is 15.9. The van der Waals surface area contributed by atoms with Gasteiger partial charge in [-0.1, -0.05) is 103 Å². The zero-order chi connectivity index (χ0) is 66.7. The van der Waals surface area contributed by atoms with Crippen LogP contribution >= 0.6 is 0 Å². The molecule has 0 bridgehead atoms. The Morgan fingerprint density at radius 2 is 0.895 bits per heavy atom. The van der Waals surface area contributed by atoms with Crippen molar-refractivity contribution in [2.24, 2.45) is 41.4 Å². The van der Waals surface area contributed by atoms with Gasteiger partial charge in [0.15, 0.2) is 0 Å². The molecule has 1 saturated heterocycles.